The summed E-state index contributed by atoms with van der Waals surface area (Å²) in [6, 6.07) is 16.2. The molecule has 3 aromatic rings. The minimum Gasteiger partial charge on any atom is -0.483 e. The third kappa shape index (κ3) is 3.99. The molecule has 1 aliphatic carbocycles. The van der Waals surface area contributed by atoms with E-state index in [9.17, 15) is 19.6 Å². The van der Waals surface area contributed by atoms with Crippen LogP contribution in [0.3, 0.4) is 0 Å². The average molecular weight is 453 g/mol. The number of benzene rings is 2. The fraction of sp³-hybridized carbons (Fsp3) is 0.259. The third-order valence-corrected chi connectivity index (χ3v) is 6.28. The fourth-order valence-electron chi connectivity index (χ4n) is 4.35. The van der Waals surface area contributed by atoms with E-state index < -0.39 is 0 Å². The number of fused-ring (bicyclic) bond motifs is 1. The number of nitriles is 1. The van der Waals surface area contributed by atoms with E-state index in [0.717, 1.165) is 36.1 Å². The Kier molecular flexibility index (Phi) is 5.50. The van der Waals surface area contributed by atoms with Crippen LogP contribution in [0.1, 0.15) is 51.5 Å². The predicted octanol–water partition coefficient (Wildman–Crippen LogP) is 3.56. The lowest BCUT2D eigenvalue weighted by Crippen LogP contribution is -2.33. The summed E-state index contributed by atoms with van der Waals surface area (Å²) < 4.78 is 7.33. The minimum atomic E-state index is -0.376. The first-order valence-electron chi connectivity index (χ1n) is 11.3. The summed E-state index contributed by atoms with van der Waals surface area (Å²) in [6.45, 7) is 2.25. The topological polar surface area (TPSA) is 92.4 Å². The number of nitrogens with zero attached hydrogens (tertiary/aromatic N) is 3. The lowest BCUT2D eigenvalue weighted by molar-refractivity contribution is -0.120. The molecule has 0 radical (unpaired) electrons. The first-order valence-corrected chi connectivity index (χ1v) is 11.3. The van der Waals surface area contributed by atoms with Crippen LogP contribution in [0.4, 0.5) is 5.69 Å². The van der Waals surface area contributed by atoms with Crippen molar-refractivity contribution in [2.45, 2.75) is 32.2 Å². The summed E-state index contributed by atoms with van der Waals surface area (Å²) in [5.41, 5.74) is 2.97. The van der Waals surface area contributed by atoms with E-state index in [0.29, 0.717) is 17.9 Å². The maximum atomic E-state index is 13.5. The maximum absolute atomic E-state index is 13.5. The zero-order valence-corrected chi connectivity index (χ0v) is 18.8. The number of carbonyl (C=O) groups is 2. The maximum Gasteiger partial charge on any atom is 0.268 e. The van der Waals surface area contributed by atoms with Crippen LogP contribution in [0.25, 0.3) is 0 Å². The third-order valence-electron chi connectivity index (χ3n) is 6.28. The molecule has 0 atom stereocenters. The normalized spacial score (nSPS) is 14.4. The Balaban J connectivity index is 1.41. The van der Waals surface area contributed by atoms with Crippen molar-refractivity contribution in [2.75, 3.05) is 18.1 Å². The Morgan fingerprint density at radius 2 is 1.94 bits per heavy atom. The second-order valence-corrected chi connectivity index (χ2v) is 8.74. The van der Waals surface area contributed by atoms with Gasteiger partial charge < -0.3 is 14.2 Å². The van der Waals surface area contributed by atoms with Crippen LogP contribution < -0.4 is 15.2 Å². The number of ether oxygens (including phenoxy) is 1. The van der Waals surface area contributed by atoms with Crippen molar-refractivity contribution < 1.29 is 14.3 Å². The molecule has 5 rings (SSSR count). The van der Waals surface area contributed by atoms with E-state index in [4.69, 9.17) is 4.74 Å². The van der Waals surface area contributed by atoms with Gasteiger partial charge >= 0.3 is 0 Å². The van der Waals surface area contributed by atoms with Gasteiger partial charge in [-0.25, -0.2) is 0 Å². The van der Waals surface area contributed by atoms with E-state index in [1.807, 2.05) is 43.3 Å². The molecule has 2 aromatic carbocycles. The molecule has 0 N–H and O–H groups in total. The van der Waals surface area contributed by atoms with E-state index in [2.05, 4.69) is 0 Å². The molecule has 7 heteroatoms. The Morgan fingerprint density at radius 3 is 2.71 bits per heavy atom. The monoisotopic (exact) mass is 453 g/mol. The van der Waals surface area contributed by atoms with Gasteiger partial charge in [-0.3, -0.25) is 14.4 Å². The number of rotatable bonds is 6. The van der Waals surface area contributed by atoms with Crippen LogP contribution in [-0.2, 0) is 11.2 Å². The lowest BCUT2D eigenvalue weighted by atomic mass is 10.0. The molecule has 0 bridgehead atoms. The van der Waals surface area contributed by atoms with Gasteiger partial charge in [0.25, 0.3) is 11.5 Å². The number of pyridine rings is 1. The number of aryl methyl sites for hydroxylation is 1. The van der Waals surface area contributed by atoms with Crippen molar-refractivity contribution in [3.63, 3.8) is 0 Å². The molecule has 1 aromatic heterocycles. The van der Waals surface area contributed by atoms with E-state index >= 15 is 0 Å². The second kappa shape index (κ2) is 8.64. The Morgan fingerprint density at radius 1 is 1.15 bits per heavy atom. The van der Waals surface area contributed by atoms with Crippen molar-refractivity contribution >= 4 is 17.4 Å². The standard InChI is InChI=1S/C27H23N3O4/c1-17-6-9-24(34-16-25(31)29-11-10-18-4-2-3-5-23(18)29)22(12-17)26(32)20-13-19(14-28)27(33)30(15-20)21-7-8-21/h2-6,9,12-13,15,21H,7-8,10-11,16H2,1H3. The molecule has 0 unspecified atom stereocenters. The molecular weight excluding hydrogens is 430 g/mol. The van der Waals surface area contributed by atoms with E-state index in [1.165, 1.54) is 16.8 Å². The molecule has 1 fully saturated rings. The lowest BCUT2D eigenvalue weighted by Gasteiger charge is -2.18. The predicted molar refractivity (Wildman–Crippen MR) is 126 cm³/mol. The highest BCUT2D eigenvalue weighted by Crippen LogP contribution is 2.34. The average Bonchev–Trinajstić information content (AvgIpc) is 3.60. The highest BCUT2D eigenvalue weighted by molar-refractivity contribution is 6.11. The number of carbonyl (C=O) groups excluding carboxylic acids is 2. The Hall–Kier alpha value is -4.18. The Bertz CT molecular complexity index is 1410. The number of anilines is 1. The van der Waals surface area contributed by atoms with Crippen LogP contribution in [-0.4, -0.2) is 29.4 Å². The van der Waals surface area contributed by atoms with Gasteiger partial charge in [0.15, 0.2) is 12.4 Å². The van der Waals surface area contributed by atoms with Gasteiger partial charge in [0, 0.05) is 30.0 Å². The summed E-state index contributed by atoms with van der Waals surface area (Å²) in [5, 5.41) is 9.40. The number of para-hydroxylation sites is 1. The minimum absolute atomic E-state index is 0.0292. The van der Waals surface area contributed by atoms with Gasteiger partial charge in [-0.1, -0.05) is 29.8 Å². The van der Waals surface area contributed by atoms with E-state index in [1.54, 1.807) is 17.0 Å². The summed E-state index contributed by atoms with van der Waals surface area (Å²) in [7, 11) is 0. The quantitative estimate of drug-likeness (QED) is 0.532. The number of amides is 1. The van der Waals surface area contributed by atoms with Crippen LogP contribution in [0.2, 0.25) is 0 Å². The number of hydrogen-bond donors (Lipinski definition) is 0. The first kappa shape index (κ1) is 21.7. The van der Waals surface area contributed by atoms with Gasteiger partial charge in [-0.2, -0.15) is 5.26 Å². The molecule has 1 saturated carbocycles. The molecule has 34 heavy (non-hydrogen) atoms. The highest BCUT2D eigenvalue weighted by Gasteiger charge is 2.28. The number of ketones is 1. The number of hydrogen-bond acceptors (Lipinski definition) is 5. The molecular formula is C27H23N3O4. The summed E-state index contributed by atoms with van der Waals surface area (Å²) in [4.78, 5) is 40.5. The Labute approximate surface area is 196 Å². The van der Waals surface area contributed by atoms with Gasteiger partial charge in [0.1, 0.15) is 17.4 Å². The molecule has 7 nitrogen and oxygen atoms in total. The van der Waals surface area contributed by atoms with Gasteiger partial charge in [0.05, 0.1) is 5.56 Å². The van der Waals surface area contributed by atoms with Gasteiger partial charge in [0.2, 0.25) is 0 Å². The van der Waals surface area contributed by atoms with Crippen molar-refractivity contribution in [2.24, 2.45) is 0 Å². The molecule has 0 spiro atoms. The first-order chi connectivity index (χ1) is 16.5. The van der Waals surface area contributed by atoms with Crippen molar-refractivity contribution in [1.82, 2.24) is 4.57 Å². The highest BCUT2D eigenvalue weighted by atomic mass is 16.5. The molecule has 170 valence electrons. The van der Waals surface area contributed by atoms with Crippen molar-refractivity contribution in [1.29, 1.82) is 5.26 Å². The molecule has 1 aliphatic heterocycles. The smallest absolute Gasteiger partial charge is 0.268 e. The molecule has 0 saturated heterocycles. The van der Waals surface area contributed by atoms with Crippen LogP contribution in [0.5, 0.6) is 5.75 Å². The fourth-order valence-corrected chi connectivity index (χ4v) is 4.35. The van der Waals surface area contributed by atoms with Crippen molar-refractivity contribution in [3.8, 4) is 11.8 Å². The zero-order chi connectivity index (χ0) is 23.8. The van der Waals surface area contributed by atoms with Gasteiger partial charge in [-0.05, 0) is 56.0 Å². The zero-order valence-electron chi connectivity index (χ0n) is 18.8. The van der Waals surface area contributed by atoms with Crippen LogP contribution in [0.15, 0.2) is 59.5 Å². The summed E-state index contributed by atoms with van der Waals surface area (Å²) in [6.07, 6.45) is 4.03. The SMILES string of the molecule is Cc1ccc(OCC(=O)N2CCc3ccccc32)c(C(=O)c2cc(C#N)c(=O)n(C3CC3)c2)c1. The molecule has 2 heterocycles. The molecule has 1 amide bonds. The number of aromatic nitrogens is 1. The summed E-state index contributed by atoms with van der Waals surface area (Å²) >= 11 is 0. The van der Waals surface area contributed by atoms with Crippen LogP contribution >= 0.6 is 0 Å². The van der Waals surface area contributed by atoms with Crippen molar-refractivity contribution in [3.05, 3.63) is 92.9 Å². The summed E-state index contributed by atoms with van der Waals surface area (Å²) in [5.74, 6) is -0.249. The largest absolute Gasteiger partial charge is 0.483 e. The van der Waals surface area contributed by atoms with E-state index in [-0.39, 0.29) is 41.0 Å². The van der Waals surface area contributed by atoms with Gasteiger partial charge in [-0.15, -0.1) is 0 Å². The molecule has 2 aliphatic rings. The second-order valence-electron chi connectivity index (χ2n) is 8.74. The van der Waals surface area contributed by atoms with Crippen LogP contribution in [0, 0.1) is 18.3 Å².